The molecule has 1 atom stereocenters. The van der Waals surface area contributed by atoms with E-state index in [-0.39, 0.29) is 11.6 Å². The predicted octanol–water partition coefficient (Wildman–Crippen LogP) is 2.15. The first kappa shape index (κ1) is 15.3. The first-order valence-electron chi connectivity index (χ1n) is 7.30. The smallest absolute Gasteiger partial charge is 0.119 e. The molecule has 0 aromatic heterocycles. The van der Waals surface area contributed by atoms with Crippen molar-refractivity contribution in [3.8, 4) is 5.75 Å². The average molecular weight is 279 g/mol. The number of methoxy groups -OCH3 is 1. The van der Waals surface area contributed by atoms with Crippen molar-refractivity contribution in [2.24, 2.45) is 5.73 Å². The number of nitrogens with two attached hydrogens (primary N) is 1. The molecule has 0 radical (unpaired) electrons. The number of rotatable bonds is 6. The van der Waals surface area contributed by atoms with Gasteiger partial charge in [-0.3, -0.25) is 0 Å². The summed E-state index contributed by atoms with van der Waals surface area (Å²) in [6.45, 7) is 4.17. The molecule has 1 aromatic rings. The molecule has 1 heterocycles. The van der Waals surface area contributed by atoms with E-state index < -0.39 is 0 Å². The van der Waals surface area contributed by atoms with Gasteiger partial charge in [-0.1, -0.05) is 12.1 Å². The predicted molar refractivity (Wildman–Crippen MR) is 79.1 cm³/mol. The third-order valence-electron chi connectivity index (χ3n) is 4.04. The molecular formula is C16H25NO3. The molecule has 1 aliphatic rings. The lowest BCUT2D eigenvalue weighted by atomic mass is 9.83. The normalized spacial score (nSPS) is 19.6. The van der Waals surface area contributed by atoms with E-state index >= 15 is 0 Å². The second kappa shape index (κ2) is 7.07. The van der Waals surface area contributed by atoms with E-state index in [2.05, 4.69) is 6.07 Å². The number of ether oxygens (including phenoxy) is 3. The number of hydrogen-bond acceptors (Lipinski definition) is 4. The van der Waals surface area contributed by atoms with E-state index in [0.29, 0.717) is 6.61 Å². The molecule has 1 aromatic carbocycles. The summed E-state index contributed by atoms with van der Waals surface area (Å²) in [5.41, 5.74) is 7.40. The molecule has 1 aliphatic heterocycles. The third kappa shape index (κ3) is 3.51. The first-order chi connectivity index (χ1) is 9.70. The Bertz CT molecular complexity index is 410. The van der Waals surface area contributed by atoms with Gasteiger partial charge >= 0.3 is 0 Å². The minimum atomic E-state index is -0.254. The highest BCUT2D eigenvalue weighted by atomic mass is 16.5. The molecule has 1 saturated heterocycles. The molecule has 2 rings (SSSR count). The average Bonchev–Trinajstić information content (AvgIpc) is 2.48. The fraction of sp³-hybridized carbons (Fsp3) is 0.625. The van der Waals surface area contributed by atoms with Gasteiger partial charge in [0.05, 0.1) is 12.7 Å². The summed E-state index contributed by atoms with van der Waals surface area (Å²) < 4.78 is 16.7. The van der Waals surface area contributed by atoms with Crippen LogP contribution in [-0.2, 0) is 15.9 Å². The fourth-order valence-corrected chi connectivity index (χ4v) is 2.87. The Morgan fingerprint density at radius 2 is 2.10 bits per heavy atom. The second-order valence-electron chi connectivity index (χ2n) is 5.27. The van der Waals surface area contributed by atoms with Crippen molar-refractivity contribution in [1.29, 1.82) is 0 Å². The van der Waals surface area contributed by atoms with Gasteiger partial charge in [0.25, 0.3) is 0 Å². The van der Waals surface area contributed by atoms with Crippen LogP contribution in [0.3, 0.4) is 0 Å². The standard InChI is InChI=1S/C16H25NO3/c1-3-20-16(7-9-19-10-8-16)15(17)12-13-5-4-6-14(11-13)18-2/h4-6,11,15H,3,7-10,12,17H2,1-2H3. The summed E-state index contributed by atoms with van der Waals surface area (Å²) in [4.78, 5) is 0. The summed E-state index contributed by atoms with van der Waals surface area (Å²) in [5.74, 6) is 0.868. The fourth-order valence-electron chi connectivity index (χ4n) is 2.87. The molecule has 0 saturated carbocycles. The number of benzene rings is 1. The summed E-state index contributed by atoms with van der Waals surface area (Å²) in [7, 11) is 1.68. The lowest BCUT2D eigenvalue weighted by Crippen LogP contribution is -2.54. The third-order valence-corrected chi connectivity index (χ3v) is 4.04. The number of hydrogen-bond donors (Lipinski definition) is 1. The topological polar surface area (TPSA) is 53.7 Å². The van der Waals surface area contributed by atoms with Crippen LogP contribution >= 0.6 is 0 Å². The highest BCUT2D eigenvalue weighted by molar-refractivity contribution is 5.29. The minimum absolute atomic E-state index is 0.0292. The van der Waals surface area contributed by atoms with Crippen molar-refractivity contribution in [2.45, 2.75) is 37.8 Å². The van der Waals surface area contributed by atoms with Gasteiger partial charge in [-0.25, -0.2) is 0 Å². The van der Waals surface area contributed by atoms with Crippen molar-refractivity contribution < 1.29 is 14.2 Å². The van der Waals surface area contributed by atoms with Crippen molar-refractivity contribution in [3.05, 3.63) is 29.8 Å². The van der Waals surface area contributed by atoms with Crippen LogP contribution < -0.4 is 10.5 Å². The quantitative estimate of drug-likeness (QED) is 0.867. The van der Waals surface area contributed by atoms with Crippen molar-refractivity contribution >= 4 is 0 Å². The van der Waals surface area contributed by atoms with Gasteiger partial charge in [-0.15, -0.1) is 0 Å². The zero-order chi connectivity index (χ0) is 14.4. The monoisotopic (exact) mass is 279 g/mol. The van der Waals surface area contributed by atoms with E-state index in [1.807, 2.05) is 25.1 Å². The van der Waals surface area contributed by atoms with Crippen LogP contribution in [0.2, 0.25) is 0 Å². The van der Waals surface area contributed by atoms with E-state index in [0.717, 1.165) is 38.2 Å². The molecule has 2 N–H and O–H groups in total. The van der Waals surface area contributed by atoms with E-state index in [4.69, 9.17) is 19.9 Å². The van der Waals surface area contributed by atoms with Crippen LogP contribution in [0, 0.1) is 0 Å². The Balaban J connectivity index is 2.09. The molecule has 1 fully saturated rings. The molecular weight excluding hydrogens is 254 g/mol. The van der Waals surface area contributed by atoms with Crippen LogP contribution in [0.4, 0.5) is 0 Å². The lowest BCUT2D eigenvalue weighted by molar-refractivity contribution is -0.120. The van der Waals surface area contributed by atoms with Gasteiger partial charge in [0.2, 0.25) is 0 Å². The summed E-state index contributed by atoms with van der Waals surface area (Å²) >= 11 is 0. The van der Waals surface area contributed by atoms with Crippen LogP contribution in [0.25, 0.3) is 0 Å². The molecule has 112 valence electrons. The molecule has 0 bridgehead atoms. The van der Waals surface area contributed by atoms with Crippen LogP contribution in [0.5, 0.6) is 5.75 Å². The maximum atomic E-state index is 6.47. The highest BCUT2D eigenvalue weighted by Crippen LogP contribution is 2.30. The van der Waals surface area contributed by atoms with Crippen LogP contribution in [0.1, 0.15) is 25.3 Å². The Morgan fingerprint density at radius 3 is 2.75 bits per heavy atom. The Hall–Kier alpha value is -1.10. The van der Waals surface area contributed by atoms with Crippen molar-refractivity contribution in [2.75, 3.05) is 26.9 Å². The summed E-state index contributed by atoms with van der Waals surface area (Å²) in [5, 5.41) is 0. The minimum Gasteiger partial charge on any atom is -0.497 e. The molecule has 1 unspecified atom stereocenters. The summed E-state index contributed by atoms with van der Waals surface area (Å²) in [6.07, 6.45) is 2.52. The van der Waals surface area contributed by atoms with E-state index in [1.54, 1.807) is 7.11 Å². The van der Waals surface area contributed by atoms with Crippen LogP contribution in [0.15, 0.2) is 24.3 Å². The van der Waals surface area contributed by atoms with Gasteiger partial charge in [0.1, 0.15) is 5.75 Å². The Morgan fingerprint density at radius 1 is 1.35 bits per heavy atom. The highest BCUT2D eigenvalue weighted by Gasteiger charge is 2.39. The first-order valence-corrected chi connectivity index (χ1v) is 7.30. The molecule has 4 nitrogen and oxygen atoms in total. The SMILES string of the molecule is CCOC1(C(N)Cc2cccc(OC)c2)CCOCC1. The zero-order valence-corrected chi connectivity index (χ0v) is 12.4. The molecule has 0 amide bonds. The summed E-state index contributed by atoms with van der Waals surface area (Å²) in [6, 6.07) is 8.04. The van der Waals surface area contributed by atoms with Crippen LogP contribution in [-0.4, -0.2) is 38.6 Å². The van der Waals surface area contributed by atoms with E-state index in [9.17, 15) is 0 Å². The van der Waals surface area contributed by atoms with E-state index in [1.165, 1.54) is 5.56 Å². The van der Waals surface area contributed by atoms with Gasteiger partial charge in [-0.2, -0.15) is 0 Å². The molecule has 20 heavy (non-hydrogen) atoms. The molecule has 0 aliphatic carbocycles. The van der Waals surface area contributed by atoms with Gasteiger partial charge < -0.3 is 19.9 Å². The molecule has 4 heteroatoms. The Labute approximate surface area is 121 Å². The van der Waals surface area contributed by atoms with Crippen molar-refractivity contribution in [1.82, 2.24) is 0 Å². The lowest BCUT2D eigenvalue weighted by Gasteiger charge is -2.41. The van der Waals surface area contributed by atoms with Crippen molar-refractivity contribution in [3.63, 3.8) is 0 Å². The Kier molecular flexibility index (Phi) is 5.40. The van der Waals surface area contributed by atoms with Gasteiger partial charge in [-0.05, 0) is 31.0 Å². The van der Waals surface area contributed by atoms with Gasteiger partial charge in [0, 0.05) is 38.7 Å². The second-order valence-corrected chi connectivity index (χ2v) is 5.27. The largest absolute Gasteiger partial charge is 0.497 e. The zero-order valence-electron chi connectivity index (χ0n) is 12.4. The maximum absolute atomic E-state index is 6.47. The van der Waals surface area contributed by atoms with Gasteiger partial charge in [0.15, 0.2) is 0 Å². The maximum Gasteiger partial charge on any atom is 0.119 e. The molecule has 0 spiro atoms.